The van der Waals surface area contributed by atoms with Crippen LogP contribution in [-0.2, 0) is 22.6 Å². The summed E-state index contributed by atoms with van der Waals surface area (Å²) in [5, 5.41) is 0.252. The summed E-state index contributed by atoms with van der Waals surface area (Å²) in [5.74, 6) is -0.547. The number of rotatable bonds is 5. The molecule has 0 aliphatic carbocycles. The minimum atomic E-state index is -0.779. The lowest BCUT2D eigenvalue weighted by molar-refractivity contribution is -0.124. The fourth-order valence-electron chi connectivity index (χ4n) is 4.29. The third-order valence-corrected chi connectivity index (χ3v) is 7.46. The minimum Gasteiger partial charge on any atom is -0.467 e. The highest BCUT2D eigenvalue weighted by molar-refractivity contribution is 6.46. The fraction of sp³-hybridized carbons (Fsp3) is 0.417. The van der Waals surface area contributed by atoms with E-state index >= 15 is 0 Å². The molecule has 204 valence electrons. The van der Waals surface area contributed by atoms with Crippen LogP contribution in [0.15, 0.2) is 21.8 Å². The van der Waals surface area contributed by atoms with E-state index in [0.717, 1.165) is 0 Å². The average molecular weight is 587 g/mol. The number of nitrogens with zero attached hydrogens (tertiary/aromatic N) is 5. The first kappa shape index (κ1) is 28.2. The molecule has 2 aliphatic rings. The normalized spacial score (nSPS) is 18.2. The molecule has 14 heteroatoms. The number of methoxy groups -OCH3 is 1. The van der Waals surface area contributed by atoms with E-state index in [9.17, 15) is 9.18 Å². The van der Waals surface area contributed by atoms with Crippen LogP contribution in [0.5, 0.6) is 6.01 Å². The highest BCUT2D eigenvalue weighted by Gasteiger charge is 2.33. The summed E-state index contributed by atoms with van der Waals surface area (Å²) in [6, 6.07) is 1.39. The first-order valence-corrected chi connectivity index (χ1v) is 12.8. The van der Waals surface area contributed by atoms with Gasteiger partial charge in [0.1, 0.15) is 11.5 Å². The zero-order valence-corrected chi connectivity index (χ0v) is 23.3. The van der Waals surface area contributed by atoms with Crippen molar-refractivity contribution < 1.29 is 18.7 Å². The summed E-state index contributed by atoms with van der Waals surface area (Å²) >= 11 is 19.0. The van der Waals surface area contributed by atoms with Crippen molar-refractivity contribution in [2.75, 3.05) is 51.5 Å². The van der Waals surface area contributed by atoms with Crippen molar-refractivity contribution in [1.29, 1.82) is 0 Å². The summed E-state index contributed by atoms with van der Waals surface area (Å²) < 4.78 is 26.4. The van der Waals surface area contributed by atoms with E-state index in [1.165, 1.54) is 18.1 Å². The molecule has 0 saturated heterocycles. The molecule has 1 aromatic heterocycles. The van der Waals surface area contributed by atoms with Crippen LogP contribution in [0.3, 0.4) is 0 Å². The van der Waals surface area contributed by atoms with Gasteiger partial charge < -0.3 is 30.7 Å². The molecule has 2 aromatic rings. The molecule has 1 atom stereocenters. The topological polar surface area (TPSA) is 132 Å². The van der Waals surface area contributed by atoms with Crippen molar-refractivity contribution in [3.8, 4) is 6.01 Å². The van der Waals surface area contributed by atoms with Gasteiger partial charge in [0.25, 0.3) is 5.91 Å². The molecule has 3 heterocycles. The van der Waals surface area contributed by atoms with Gasteiger partial charge in [0, 0.05) is 44.7 Å². The number of hydrogen-bond donors (Lipinski definition) is 2. The molecular formula is C24H27Cl3FN7O3. The molecule has 0 saturated carbocycles. The molecule has 1 unspecified atom stereocenters. The molecule has 0 radical (unpaired) electrons. The van der Waals surface area contributed by atoms with E-state index in [4.69, 9.17) is 55.7 Å². The Hall–Kier alpha value is -2.86. The third-order valence-electron chi connectivity index (χ3n) is 6.24. The van der Waals surface area contributed by atoms with E-state index in [1.807, 2.05) is 4.90 Å². The van der Waals surface area contributed by atoms with Crippen LogP contribution in [0.1, 0.15) is 29.3 Å². The number of carbonyl (C=O) groups excluding carboxylic acids is 1. The Morgan fingerprint density at radius 2 is 2.05 bits per heavy atom. The predicted molar refractivity (Wildman–Crippen MR) is 146 cm³/mol. The van der Waals surface area contributed by atoms with E-state index in [2.05, 4.69) is 15.0 Å². The number of anilines is 2. The van der Waals surface area contributed by atoms with Crippen molar-refractivity contribution in [1.82, 2.24) is 14.9 Å². The second kappa shape index (κ2) is 11.5. The van der Waals surface area contributed by atoms with Crippen molar-refractivity contribution >= 4 is 57.9 Å². The highest BCUT2D eigenvalue weighted by atomic mass is 35.5. The van der Waals surface area contributed by atoms with Gasteiger partial charge in [0.2, 0.25) is 0 Å². The van der Waals surface area contributed by atoms with Crippen LogP contribution in [-0.4, -0.2) is 67.3 Å². The van der Waals surface area contributed by atoms with Crippen molar-refractivity contribution in [2.24, 2.45) is 10.7 Å². The number of carbonyl (C=O) groups is 1. The Morgan fingerprint density at radius 3 is 2.74 bits per heavy atom. The first-order chi connectivity index (χ1) is 18.0. The molecule has 4 N–H and O–H groups in total. The number of benzene rings is 1. The van der Waals surface area contributed by atoms with Crippen LogP contribution in [0.25, 0.3) is 0 Å². The number of nitrogens with two attached hydrogens (primary N) is 2. The lowest BCUT2D eigenvalue weighted by Gasteiger charge is -2.31. The van der Waals surface area contributed by atoms with Crippen LogP contribution in [0.2, 0.25) is 10.0 Å². The Bertz CT molecular complexity index is 1310. The Morgan fingerprint density at radius 1 is 1.32 bits per heavy atom. The number of hydrogen-bond acceptors (Lipinski definition) is 9. The summed E-state index contributed by atoms with van der Waals surface area (Å²) in [6.07, 6.45) is 0.0960. The van der Waals surface area contributed by atoms with Gasteiger partial charge in [-0.3, -0.25) is 9.79 Å². The van der Waals surface area contributed by atoms with Gasteiger partial charge in [-0.1, -0.05) is 34.8 Å². The Kier molecular flexibility index (Phi) is 8.51. The van der Waals surface area contributed by atoms with Crippen molar-refractivity contribution in [3.05, 3.63) is 49.5 Å². The zero-order valence-electron chi connectivity index (χ0n) is 21.0. The van der Waals surface area contributed by atoms with Gasteiger partial charge in [0.15, 0.2) is 5.82 Å². The molecular weight excluding hydrogens is 560 g/mol. The molecule has 4 rings (SSSR count). The maximum Gasteiger partial charge on any atom is 0.318 e. The summed E-state index contributed by atoms with van der Waals surface area (Å²) in [7, 11) is 4.63. The lowest BCUT2D eigenvalue weighted by atomic mass is 9.98. The third kappa shape index (κ3) is 5.47. The molecule has 0 spiro atoms. The van der Waals surface area contributed by atoms with Crippen LogP contribution < -0.4 is 21.1 Å². The number of aliphatic imine (C=N–C) groups is 1. The number of halogens is 4. The number of fused-ring (bicyclic) bond motifs is 1. The van der Waals surface area contributed by atoms with Crippen LogP contribution in [0.4, 0.5) is 15.9 Å². The summed E-state index contributed by atoms with van der Waals surface area (Å²) in [4.78, 5) is 29.3. The monoisotopic (exact) mass is 585 g/mol. The number of likely N-dealkylation sites (N-methyl/N-ethyl adjacent to an activating group) is 1. The molecule has 1 amide bonds. The second-order valence-electron chi connectivity index (χ2n) is 8.98. The van der Waals surface area contributed by atoms with Gasteiger partial charge in [0.05, 0.1) is 58.5 Å². The van der Waals surface area contributed by atoms with E-state index < -0.39 is 17.8 Å². The molecule has 1 aromatic carbocycles. The van der Waals surface area contributed by atoms with Crippen molar-refractivity contribution in [3.63, 3.8) is 0 Å². The Balaban J connectivity index is 1.70. The van der Waals surface area contributed by atoms with Crippen molar-refractivity contribution in [2.45, 2.75) is 25.6 Å². The maximum atomic E-state index is 15.0. The van der Waals surface area contributed by atoms with E-state index in [0.29, 0.717) is 42.3 Å². The van der Waals surface area contributed by atoms with Crippen LogP contribution in [0, 0.1) is 5.82 Å². The second-order valence-corrected chi connectivity index (χ2v) is 10.1. The van der Waals surface area contributed by atoms with Gasteiger partial charge in [-0.15, -0.1) is 0 Å². The van der Waals surface area contributed by atoms with E-state index in [-0.39, 0.29) is 57.6 Å². The lowest BCUT2D eigenvalue weighted by Crippen LogP contribution is -2.35. The van der Waals surface area contributed by atoms with Gasteiger partial charge in [-0.2, -0.15) is 9.97 Å². The number of aromatic nitrogens is 2. The van der Waals surface area contributed by atoms with Gasteiger partial charge in [-0.05, 0) is 12.5 Å². The number of nitrogen functional groups attached to an aromatic ring is 1. The first-order valence-electron chi connectivity index (χ1n) is 11.7. The Labute approximate surface area is 234 Å². The minimum absolute atomic E-state index is 0.0349. The number of ether oxygens (including phenoxy) is 2. The smallest absolute Gasteiger partial charge is 0.318 e. The predicted octanol–water partition coefficient (Wildman–Crippen LogP) is 3.48. The maximum absolute atomic E-state index is 15.0. The highest BCUT2D eigenvalue weighted by Crippen LogP contribution is 2.42. The molecule has 0 bridgehead atoms. The molecule has 38 heavy (non-hydrogen) atoms. The standard InChI is InChI=1S/C24H27Cl3FN7O3/c1-34(2)23(36)21(30)19(27)15-9-35(6-4-5-31-15)22-11-10-38-16(8-14(11)32-24(33-22)37-3)17-18(26)12(25)7-13(29)20(17)28/h7,16H,4-6,8-10,29-30H2,1-3H3/b21-19+. The summed E-state index contributed by atoms with van der Waals surface area (Å²) in [5.41, 5.74) is 13.4. The van der Waals surface area contributed by atoms with Gasteiger partial charge >= 0.3 is 6.01 Å². The zero-order chi connectivity index (χ0) is 27.7. The quantitative estimate of drug-likeness (QED) is 0.309. The fourth-order valence-corrected chi connectivity index (χ4v) is 4.97. The van der Waals surface area contributed by atoms with Crippen LogP contribution >= 0.6 is 34.8 Å². The molecule has 0 fully saturated rings. The van der Waals surface area contributed by atoms with E-state index in [1.54, 1.807) is 14.1 Å². The summed E-state index contributed by atoms with van der Waals surface area (Å²) in [6.45, 7) is 1.37. The average Bonchev–Trinajstić information content (AvgIpc) is 3.16. The number of amides is 1. The molecule has 10 nitrogen and oxygen atoms in total. The van der Waals surface area contributed by atoms with Gasteiger partial charge in [-0.25, -0.2) is 4.39 Å². The largest absolute Gasteiger partial charge is 0.467 e. The SMILES string of the molecule is COc1nc2c(c(N3CCCN=C(/C(Cl)=C(\N)C(=O)N(C)C)C3)n1)COC(c1c(F)c(N)cc(Cl)c1Cl)C2. The molecule has 2 aliphatic heterocycles.